The highest BCUT2D eigenvalue weighted by atomic mass is 14.9. The molecule has 176 valence electrons. The van der Waals surface area contributed by atoms with Crippen molar-refractivity contribution in [3.8, 4) is 11.1 Å². The summed E-state index contributed by atoms with van der Waals surface area (Å²) in [6.07, 6.45) is 11.9. The lowest BCUT2D eigenvalue weighted by molar-refractivity contribution is 0.389. The van der Waals surface area contributed by atoms with Crippen molar-refractivity contribution in [3.05, 3.63) is 84.6 Å². The normalized spacial score (nSPS) is 18.2. The molecule has 0 unspecified atom stereocenters. The first-order valence-electron chi connectivity index (χ1n) is 12.4. The minimum absolute atomic E-state index is 0.337. The van der Waals surface area contributed by atoms with Crippen LogP contribution in [0.5, 0.6) is 0 Å². The standard InChI is InChI=1S/C29H30N6/c1-35-14-10-19-4-5-21(15-27(19)35)25-16-24(17-26-29(25)33-13-12-31-26)34-18-22-3-2-11-32-28(22)20-6-8-23(30)9-7-20/h2-5,10-17,20,23,34H,6-9,18,30H2,1H3. The zero-order valence-corrected chi connectivity index (χ0v) is 20.0. The van der Waals surface area contributed by atoms with Crippen LogP contribution < -0.4 is 11.1 Å². The second kappa shape index (κ2) is 9.12. The van der Waals surface area contributed by atoms with Gasteiger partial charge in [-0.05, 0) is 72.5 Å². The Morgan fingerprint density at radius 1 is 0.943 bits per heavy atom. The van der Waals surface area contributed by atoms with Crippen LogP contribution in [0.15, 0.2) is 73.3 Å². The molecular formula is C29H30N6. The smallest absolute Gasteiger partial charge is 0.0966 e. The van der Waals surface area contributed by atoms with E-state index in [2.05, 4.69) is 75.6 Å². The minimum atomic E-state index is 0.337. The van der Waals surface area contributed by atoms with Crippen LogP contribution in [-0.2, 0) is 13.6 Å². The molecular weight excluding hydrogens is 432 g/mol. The van der Waals surface area contributed by atoms with Gasteiger partial charge in [0.25, 0.3) is 0 Å². The quantitative estimate of drug-likeness (QED) is 0.346. The maximum Gasteiger partial charge on any atom is 0.0966 e. The molecule has 0 amide bonds. The van der Waals surface area contributed by atoms with E-state index in [1.54, 1.807) is 12.4 Å². The minimum Gasteiger partial charge on any atom is -0.381 e. The Kier molecular flexibility index (Phi) is 5.66. The van der Waals surface area contributed by atoms with Crippen LogP contribution in [0.2, 0.25) is 0 Å². The Labute approximate surface area is 205 Å². The Balaban J connectivity index is 1.34. The predicted molar refractivity (Wildman–Crippen MR) is 142 cm³/mol. The van der Waals surface area contributed by atoms with Gasteiger partial charge >= 0.3 is 0 Å². The number of nitrogens with zero attached hydrogens (tertiary/aromatic N) is 4. The van der Waals surface area contributed by atoms with Gasteiger partial charge in [0.2, 0.25) is 0 Å². The van der Waals surface area contributed by atoms with Crippen molar-refractivity contribution in [2.24, 2.45) is 12.8 Å². The number of aryl methyl sites for hydroxylation is 1. The largest absolute Gasteiger partial charge is 0.381 e. The molecule has 0 spiro atoms. The summed E-state index contributed by atoms with van der Waals surface area (Å²) in [5.41, 5.74) is 14.8. The first-order chi connectivity index (χ1) is 17.2. The van der Waals surface area contributed by atoms with E-state index in [4.69, 9.17) is 10.7 Å². The molecule has 0 radical (unpaired) electrons. The van der Waals surface area contributed by atoms with E-state index in [0.717, 1.165) is 53.5 Å². The fourth-order valence-corrected chi connectivity index (χ4v) is 5.38. The summed E-state index contributed by atoms with van der Waals surface area (Å²) in [4.78, 5) is 14.1. The van der Waals surface area contributed by atoms with Gasteiger partial charge in [0.15, 0.2) is 0 Å². The molecule has 1 fully saturated rings. The molecule has 1 aliphatic carbocycles. The molecule has 6 heteroatoms. The molecule has 6 rings (SSSR count). The van der Waals surface area contributed by atoms with Crippen LogP contribution in [-0.4, -0.2) is 25.6 Å². The number of fused-ring (bicyclic) bond motifs is 2. The van der Waals surface area contributed by atoms with E-state index in [0.29, 0.717) is 18.5 Å². The number of pyridine rings is 1. The average Bonchev–Trinajstić information content (AvgIpc) is 3.27. The Bertz CT molecular complexity index is 1500. The number of aromatic nitrogens is 4. The van der Waals surface area contributed by atoms with Gasteiger partial charge in [-0.25, -0.2) is 0 Å². The molecule has 0 aliphatic heterocycles. The fourth-order valence-electron chi connectivity index (χ4n) is 5.38. The zero-order valence-electron chi connectivity index (χ0n) is 20.0. The summed E-state index contributed by atoms with van der Waals surface area (Å²) in [5, 5.41) is 4.89. The summed E-state index contributed by atoms with van der Waals surface area (Å²) < 4.78 is 2.15. The van der Waals surface area contributed by atoms with Crippen molar-refractivity contribution >= 4 is 27.6 Å². The third kappa shape index (κ3) is 4.26. The van der Waals surface area contributed by atoms with Gasteiger partial charge < -0.3 is 15.6 Å². The van der Waals surface area contributed by atoms with E-state index in [9.17, 15) is 0 Å². The number of nitrogens with one attached hydrogen (secondary N) is 1. The molecule has 0 atom stereocenters. The highest BCUT2D eigenvalue weighted by Crippen LogP contribution is 2.34. The van der Waals surface area contributed by atoms with Gasteiger partial charge in [0.1, 0.15) is 0 Å². The van der Waals surface area contributed by atoms with E-state index in [-0.39, 0.29) is 0 Å². The van der Waals surface area contributed by atoms with Crippen LogP contribution in [0.4, 0.5) is 5.69 Å². The number of hydrogen-bond acceptors (Lipinski definition) is 5. The molecule has 3 aromatic heterocycles. The van der Waals surface area contributed by atoms with Gasteiger partial charge in [-0.15, -0.1) is 0 Å². The number of nitrogens with two attached hydrogens (primary N) is 1. The monoisotopic (exact) mass is 462 g/mol. The number of benzene rings is 2. The van der Waals surface area contributed by atoms with E-state index >= 15 is 0 Å². The van der Waals surface area contributed by atoms with Crippen molar-refractivity contribution in [1.82, 2.24) is 19.5 Å². The molecule has 6 nitrogen and oxygen atoms in total. The summed E-state index contributed by atoms with van der Waals surface area (Å²) in [6.45, 7) is 0.716. The van der Waals surface area contributed by atoms with Gasteiger partial charge in [-0.2, -0.15) is 0 Å². The second-order valence-corrected chi connectivity index (χ2v) is 9.66. The maximum atomic E-state index is 6.14. The molecule has 1 saturated carbocycles. The van der Waals surface area contributed by atoms with Crippen LogP contribution in [0.25, 0.3) is 33.1 Å². The Morgan fingerprint density at radius 3 is 2.69 bits per heavy atom. The van der Waals surface area contributed by atoms with Crippen molar-refractivity contribution in [2.75, 3.05) is 5.32 Å². The summed E-state index contributed by atoms with van der Waals surface area (Å²) in [7, 11) is 2.08. The van der Waals surface area contributed by atoms with Crippen molar-refractivity contribution < 1.29 is 0 Å². The van der Waals surface area contributed by atoms with Crippen molar-refractivity contribution in [2.45, 2.75) is 44.2 Å². The predicted octanol–water partition coefficient (Wildman–Crippen LogP) is 5.78. The van der Waals surface area contributed by atoms with E-state index in [1.165, 1.54) is 22.2 Å². The third-order valence-electron chi connectivity index (χ3n) is 7.34. The van der Waals surface area contributed by atoms with Gasteiger partial charge in [-0.1, -0.05) is 18.2 Å². The van der Waals surface area contributed by atoms with Gasteiger partial charge in [0.05, 0.1) is 11.0 Å². The van der Waals surface area contributed by atoms with Crippen LogP contribution in [0.3, 0.4) is 0 Å². The molecule has 0 saturated heterocycles. The summed E-state index contributed by atoms with van der Waals surface area (Å²) in [6, 6.07) is 17.5. The fraction of sp³-hybridized carbons (Fsp3) is 0.276. The highest BCUT2D eigenvalue weighted by Gasteiger charge is 2.23. The lowest BCUT2D eigenvalue weighted by Crippen LogP contribution is -2.26. The molecule has 1 aliphatic rings. The SMILES string of the molecule is Cn1ccc2ccc(-c3cc(NCc4cccnc4C4CCC(N)CC4)cc4nccnc34)cc21. The molecule has 2 aromatic carbocycles. The molecule has 3 N–H and O–H groups in total. The lowest BCUT2D eigenvalue weighted by atomic mass is 9.83. The molecule has 5 aromatic rings. The lowest BCUT2D eigenvalue weighted by Gasteiger charge is -2.27. The van der Waals surface area contributed by atoms with Crippen molar-refractivity contribution in [3.63, 3.8) is 0 Å². The average molecular weight is 463 g/mol. The van der Waals surface area contributed by atoms with E-state index < -0.39 is 0 Å². The molecule has 35 heavy (non-hydrogen) atoms. The second-order valence-electron chi connectivity index (χ2n) is 9.66. The first kappa shape index (κ1) is 21.7. The Morgan fingerprint density at radius 2 is 1.80 bits per heavy atom. The highest BCUT2D eigenvalue weighted by molar-refractivity contribution is 5.97. The summed E-state index contributed by atoms with van der Waals surface area (Å²) >= 11 is 0. The van der Waals surface area contributed by atoms with Gasteiger partial charge in [0, 0.05) is 72.8 Å². The van der Waals surface area contributed by atoms with Gasteiger partial charge in [-0.3, -0.25) is 15.0 Å². The summed E-state index contributed by atoms with van der Waals surface area (Å²) in [5.74, 6) is 0.489. The van der Waals surface area contributed by atoms with Crippen LogP contribution in [0, 0.1) is 0 Å². The number of anilines is 1. The number of hydrogen-bond donors (Lipinski definition) is 2. The zero-order chi connectivity index (χ0) is 23.8. The van der Waals surface area contributed by atoms with Crippen LogP contribution >= 0.6 is 0 Å². The Hall–Kier alpha value is -3.77. The third-order valence-corrected chi connectivity index (χ3v) is 7.34. The van der Waals surface area contributed by atoms with Crippen molar-refractivity contribution in [1.29, 1.82) is 0 Å². The van der Waals surface area contributed by atoms with E-state index in [1.807, 2.05) is 12.3 Å². The maximum absolute atomic E-state index is 6.14. The molecule has 0 bridgehead atoms. The van der Waals surface area contributed by atoms with Crippen LogP contribution in [0.1, 0.15) is 42.9 Å². The first-order valence-corrected chi connectivity index (χ1v) is 12.4. The topological polar surface area (TPSA) is 81.7 Å². The molecule has 3 heterocycles. The number of rotatable bonds is 5.